The van der Waals surface area contributed by atoms with Gasteiger partial charge in [-0.15, -0.1) is 0 Å². The first-order chi connectivity index (χ1) is 7.94. The summed E-state index contributed by atoms with van der Waals surface area (Å²) in [6.07, 6.45) is 2.05. The highest BCUT2D eigenvalue weighted by Gasteiger charge is 2.50. The fraction of sp³-hybridized carbons (Fsp3) is 0.538. The minimum atomic E-state index is -0.0646. The minimum absolute atomic E-state index is 0.0155. The Hall–Kier alpha value is -0.930. The fourth-order valence-corrected chi connectivity index (χ4v) is 3.00. The van der Waals surface area contributed by atoms with Crippen LogP contribution in [0.15, 0.2) is 6.07 Å². The molecule has 1 unspecified atom stereocenters. The number of rotatable bonds is 3. The number of hydrogen-bond donors (Lipinski definition) is 2. The molecule has 3 nitrogen and oxygen atoms in total. The van der Waals surface area contributed by atoms with E-state index in [-0.39, 0.29) is 17.2 Å². The van der Waals surface area contributed by atoms with Gasteiger partial charge in [-0.05, 0) is 43.9 Å². The van der Waals surface area contributed by atoms with E-state index in [4.69, 9.17) is 22.1 Å². The molecule has 4 heteroatoms. The number of methoxy groups -OCH3 is 1. The summed E-state index contributed by atoms with van der Waals surface area (Å²) >= 11 is 6.27. The van der Waals surface area contributed by atoms with E-state index in [1.165, 1.54) is 7.11 Å². The standard InChI is InChI=1S/C13H18ClNO2/c1-7-6-9(17-3)12(16)11(14)10(7)13(4-5-13)8(2)15/h6,8,16H,4-5,15H2,1-3H3. The van der Waals surface area contributed by atoms with Crippen LogP contribution in [0.25, 0.3) is 0 Å². The Morgan fingerprint density at radius 2 is 2.12 bits per heavy atom. The monoisotopic (exact) mass is 255 g/mol. The molecule has 0 aromatic heterocycles. The predicted octanol–water partition coefficient (Wildman–Crippen LogP) is 2.74. The molecule has 94 valence electrons. The molecule has 0 saturated heterocycles. The number of benzene rings is 1. The first-order valence-corrected chi connectivity index (χ1v) is 6.14. The molecule has 1 saturated carbocycles. The molecule has 17 heavy (non-hydrogen) atoms. The van der Waals surface area contributed by atoms with Crippen LogP contribution in [0, 0.1) is 6.92 Å². The number of nitrogens with two attached hydrogens (primary N) is 1. The molecule has 0 radical (unpaired) electrons. The van der Waals surface area contributed by atoms with Gasteiger partial charge in [0.15, 0.2) is 11.5 Å². The third kappa shape index (κ3) is 1.78. The summed E-state index contributed by atoms with van der Waals surface area (Å²) < 4.78 is 5.09. The first kappa shape index (κ1) is 12.5. The third-order valence-corrected chi connectivity index (χ3v) is 4.15. The molecular formula is C13H18ClNO2. The summed E-state index contributed by atoms with van der Waals surface area (Å²) in [5.41, 5.74) is 7.99. The van der Waals surface area contributed by atoms with Crippen molar-refractivity contribution in [2.24, 2.45) is 5.73 Å². The second-order valence-corrected chi connectivity index (χ2v) is 5.26. The highest BCUT2D eigenvalue weighted by Crippen LogP contribution is 2.56. The van der Waals surface area contributed by atoms with Gasteiger partial charge >= 0.3 is 0 Å². The van der Waals surface area contributed by atoms with Gasteiger partial charge in [0.05, 0.1) is 12.1 Å². The summed E-state index contributed by atoms with van der Waals surface area (Å²) in [5.74, 6) is 0.429. The van der Waals surface area contributed by atoms with Gasteiger partial charge in [-0.2, -0.15) is 0 Å². The zero-order chi connectivity index (χ0) is 12.8. The van der Waals surface area contributed by atoms with E-state index in [9.17, 15) is 5.11 Å². The van der Waals surface area contributed by atoms with Crippen LogP contribution in [0.1, 0.15) is 30.9 Å². The zero-order valence-corrected chi connectivity index (χ0v) is 11.1. The molecule has 1 fully saturated rings. The van der Waals surface area contributed by atoms with Crippen LogP contribution in [-0.2, 0) is 5.41 Å². The summed E-state index contributed by atoms with van der Waals surface area (Å²) in [4.78, 5) is 0. The summed E-state index contributed by atoms with van der Waals surface area (Å²) in [5, 5.41) is 10.4. The summed E-state index contributed by atoms with van der Waals surface area (Å²) in [6, 6.07) is 1.85. The van der Waals surface area contributed by atoms with Gasteiger partial charge < -0.3 is 15.6 Å². The third-order valence-electron chi connectivity index (χ3n) is 3.78. The lowest BCUT2D eigenvalue weighted by Crippen LogP contribution is -2.32. The number of phenols is 1. The number of hydrogen-bond acceptors (Lipinski definition) is 3. The van der Waals surface area contributed by atoms with E-state index in [0.29, 0.717) is 10.8 Å². The van der Waals surface area contributed by atoms with E-state index in [2.05, 4.69) is 0 Å². The average molecular weight is 256 g/mol. The Morgan fingerprint density at radius 1 is 1.53 bits per heavy atom. The lowest BCUT2D eigenvalue weighted by atomic mass is 9.86. The maximum Gasteiger partial charge on any atom is 0.177 e. The van der Waals surface area contributed by atoms with Gasteiger partial charge in [-0.3, -0.25) is 0 Å². The smallest absolute Gasteiger partial charge is 0.177 e. The molecule has 1 aliphatic rings. The molecule has 1 atom stereocenters. The van der Waals surface area contributed by atoms with Crippen molar-refractivity contribution in [2.45, 2.75) is 38.1 Å². The molecule has 0 spiro atoms. The van der Waals surface area contributed by atoms with E-state index in [0.717, 1.165) is 24.0 Å². The van der Waals surface area contributed by atoms with Gasteiger partial charge in [0, 0.05) is 11.5 Å². The Bertz CT molecular complexity index is 453. The van der Waals surface area contributed by atoms with E-state index >= 15 is 0 Å². The molecule has 1 aromatic rings. The number of halogens is 1. The van der Waals surface area contributed by atoms with Crippen molar-refractivity contribution in [3.8, 4) is 11.5 Å². The van der Waals surface area contributed by atoms with Gasteiger partial charge in [-0.25, -0.2) is 0 Å². The summed E-state index contributed by atoms with van der Waals surface area (Å²) in [6.45, 7) is 3.97. The molecule has 2 rings (SSSR count). The van der Waals surface area contributed by atoms with Crippen molar-refractivity contribution in [1.29, 1.82) is 0 Å². The van der Waals surface area contributed by atoms with Crippen molar-refractivity contribution < 1.29 is 9.84 Å². The average Bonchev–Trinajstić information content (AvgIpc) is 3.05. The van der Waals surface area contributed by atoms with Crippen molar-refractivity contribution >= 4 is 11.6 Å². The summed E-state index contributed by atoms with van der Waals surface area (Å²) in [7, 11) is 1.52. The van der Waals surface area contributed by atoms with E-state index in [1.54, 1.807) is 0 Å². The predicted molar refractivity (Wildman–Crippen MR) is 69.0 cm³/mol. The molecular weight excluding hydrogens is 238 g/mol. The Kier molecular flexibility index (Phi) is 3.00. The SMILES string of the molecule is COc1cc(C)c(C2(C(C)N)CC2)c(Cl)c1O. The molecule has 1 aliphatic carbocycles. The molecule has 3 N–H and O–H groups in total. The number of aryl methyl sites for hydroxylation is 1. The van der Waals surface area contributed by atoms with Crippen LogP contribution < -0.4 is 10.5 Å². The van der Waals surface area contributed by atoms with Crippen LogP contribution in [0.4, 0.5) is 0 Å². The zero-order valence-electron chi connectivity index (χ0n) is 10.4. The molecule has 1 aromatic carbocycles. The maximum absolute atomic E-state index is 9.98. The second-order valence-electron chi connectivity index (χ2n) is 4.88. The fourth-order valence-electron chi connectivity index (χ4n) is 2.57. The highest BCUT2D eigenvalue weighted by atomic mass is 35.5. The van der Waals surface area contributed by atoms with E-state index < -0.39 is 0 Å². The van der Waals surface area contributed by atoms with Gasteiger partial charge in [0.1, 0.15) is 0 Å². The lowest BCUT2D eigenvalue weighted by molar-refractivity contribution is 0.372. The quantitative estimate of drug-likeness (QED) is 0.873. The van der Waals surface area contributed by atoms with Crippen LogP contribution in [0.2, 0.25) is 5.02 Å². The Balaban J connectivity index is 2.60. The molecule has 0 bridgehead atoms. The highest BCUT2D eigenvalue weighted by molar-refractivity contribution is 6.33. The first-order valence-electron chi connectivity index (χ1n) is 5.76. The van der Waals surface area contributed by atoms with Crippen molar-refractivity contribution in [3.05, 3.63) is 22.2 Å². The topological polar surface area (TPSA) is 55.5 Å². The number of phenolic OH excluding ortho intramolecular Hbond substituents is 1. The molecule has 0 aliphatic heterocycles. The normalized spacial score (nSPS) is 18.9. The van der Waals surface area contributed by atoms with Crippen LogP contribution >= 0.6 is 11.6 Å². The largest absolute Gasteiger partial charge is 0.503 e. The number of aromatic hydroxyl groups is 1. The second kappa shape index (κ2) is 4.07. The van der Waals surface area contributed by atoms with Crippen LogP contribution in [0.5, 0.6) is 11.5 Å². The van der Waals surface area contributed by atoms with Gasteiger partial charge in [0.25, 0.3) is 0 Å². The van der Waals surface area contributed by atoms with E-state index in [1.807, 2.05) is 19.9 Å². The Labute approximate surface area is 107 Å². The Morgan fingerprint density at radius 3 is 2.53 bits per heavy atom. The maximum atomic E-state index is 9.98. The van der Waals surface area contributed by atoms with Crippen molar-refractivity contribution in [2.75, 3.05) is 7.11 Å². The minimum Gasteiger partial charge on any atom is -0.503 e. The van der Waals surface area contributed by atoms with Gasteiger partial charge in [-0.1, -0.05) is 11.6 Å². The van der Waals surface area contributed by atoms with Crippen LogP contribution in [0.3, 0.4) is 0 Å². The molecule has 0 amide bonds. The van der Waals surface area contributed by atoms with Gasteiger partial charge in [0.2, 0.25) is 0 Å². The van der Waals surface area contributed by atoms with Crippen molar-refractivity contribution in [1.82, 2.24) is 0 Å². The van der Waals surface area contributed by atoms with Crippen molar-refractivity contribution in [3.63, 3.8) is 0 Å². The molecule has 0 heterocycles. The number of ether oxygens (including phenoxy) is 1. The lowest BCUT2D eigenvalue weighted by Gasteiger charge is -2.24. The van der Waals surface area contributed by atoms with Crippen LogP contribution in [-0.4, -0.2) is 18.3 Å².